The third-order valence-corrected chi connectivity index (χ3v) is 5.93. The molecular formula is C28H26N2O5. The van der Waals surface area contributed by atoms with E-state index in [0.717, 1.165) is 22.3 Å². The molecule has 0 unspecified atom stereocenters. The van der Waals surface area contributed by atoms with Crippen molar-refractivity contribution < 1.29 is 24.2 Å². The summed E-state index contributed by atoms with van der Waals surface area (Å²) in [6, 6.07) is 23.2. The van der Waals surface area contributed by atoms with E-state index in [1.54, 1.807) is 24.3 Å². The molecule has 0 radical (unpaired) electrons. The Labute approximate surface area is 203 Å². The number of ether oxygens (including phenoxy) is 1. The first-order valence-electron chi connectivity index (χ1n) is 11.3. The minimum atomic E-state index is -1.02. The fourth-order valence-corrected chi connectivity index (χ4v) is 4.16. The van der Waals surface area contributed by atoms with Crippen LogP contribution in [0, 0.1) is 0 Å². The highest BCUT2D eigenvalue weighted by Crippen LogP contribution is 2.44. The first-order valence-corrected chi connectivity index (χ1v) is 11.3. The smallest absolute Gasteiger partial charge is 0.411 e. The second-order valence-corrected chi connectivity index (χ2v) is 8.32. The van der Waals surface area contributed by atoms with Crippen molar-refractivity contribution in [1.29, 1.82) is 0 Å². The van der Waals surface area contributed by atoms with E-state index in [1.807, 2.05) is 24.3 Å². The van der Waals surface area contributed by atoms with Crippen molar-refractivity contribution in [1.82, 2.24) is 5.32 Å². The predicted octanol–water partition coefficient (Wildman–Crippen LogP) is 4.74. The first kappa shape index (κ1) is 23.8. The second kappa shape index (κ2) is 10.7. The fraction of sp³-hybridized carbons (Fsp3) is 0.179. The van der Waals surface area contributed by atoms with E-state index in [0.29, 0.717) is 11.3 Å². The molecule has 0 aromatic heterocycles. The number of amides is 2. The predicted molar refractivity (Wildman–Crippen MR) is 133 cm³/mol. The molecule has 2 amide bonds. The van der Waals surface area contributed by atoms with Crippen LogP contribution in [0.4, 0.5) is 10.5 Å². The topological polar surface area (TPSA) is 105 Å². The van der Waals surface area contributed by atoms with Crippen LogP contribution in [0.25, 0.3) is 11.1 Å². The Kier molecular flexibility index (Phi) is 7.26. The summed E-state index contributed by atoms with van der Waals surface area (Å²) < 4.78 is 5.58. The molecular weight excluding hydrogens is 444 g/mol. The molecule has 3 aromatic rings. The Bertz CT molecular complexity index is 1250. The average Bonchev–Trinajstić information content (AvgIpc) is 3.16. The van der Waals surface area contributed by atoms with E-state index in [1.165, 1.54) is 13.0 Å². The van der Waals surface area contributed by atoms with Crippen LogP contribution >= 0.6 is 0 Å². The molecule has 0 spiro atoms. The van der Waals surface area contributed by atoms with Crippen molar-refractivity contribution in [3.05, 3.63) is 101 Å². The summed E-state index contributed by atoms with van der Waals surface area (Å²) >= 11 is 0. The van der Waals surface area contributed by atoms with Crippen molar-refractivity contribution in [2.24, 2.45) is 0 Å². The number of hydrogen-bond acceptors (Lipinski definition) is 4. The molecule has 3 N–H and O–H groups in total. The lowest BCUT2D eigenvalue weighted by molar-refractivity contribution is -0.132. The number of fused-ring (bicyclic) bond motifs is 3. The highest BCUT2D eigenvalue weighted by molar-refractivity contribution is 5.87. The molecule has 178 valence electrons. The van der Waals surface area contributed by atoms with Crippen molar-refractivity contribution in [3.8, 4) is 11.1 Å². The number of carboxylic acid groups (broad SMARTS) is 1. The standard InChI is InChI=1S/C28H26N2O5/c1-18(27(32)33)13-14-29-26(31)16-19-7-6-8-20(15-19)30-28(34)35-17-25-23-11-4-2-9-21(23)22-10-3-5-12-24(22)25/h2-13,15,25H,14,16-17H2,1H3,(H,29,31)(H,30,34)(H,32,33)/b18-13+. The van der Waals surface area contributed by atoms with E-state index < -0.39 is 12.1 Å². The summed E-state index contributed by atoms with van der Waals surface area (Å²) in [7, 11) is 0. The summed E-state index contributed by atoms with van der Waals surface area (Å²) in [5, 5.41) is 14.2. The van der Waals surface area contributed by atoms with E-state index in [2.05, 4.69) is 34.9 Å². The molecule has 0 bridgehead atoms. The van der Waals surface area contributed by atoms with Gasteiger partial charge in [0.05, 0.1) is 6.42 Å². The largest absolute Gasteiger partial charge is 0.478 e. The normalized spacial score (nSPS) is 12.4. The SMILES string of the molecule is C/C(=C\CNC(=O)Cc1cccc(NC(=O)OCC2c3ccccc3-c3ccccc32)c1)C(=O)O. The van der Waals surface area contributed by atoms with Gasteiger partial charge in [0.2, 0.25) is 5.91 Å². The highest BCUT2D eigenvalue weighted by atomic mass is 16.5. The van der Waals surface area contributed by atoms with Crippen LogP contribution in [0.15, 0.2) is 84.4 Å². The average molecular weight is 471 g/mol. The molecule has 35 heavy (non-hydrogen) atoms. The van der Waals surface area contributed by atoms with Crippen LogP contribution in [-0.4, -0.2) is 36.2 Å². The molecule has 1 aliphatic carbocycles. The second-order valence-electron chi connectivity index (χ2n) is 8.32. The molecule has 7 nitrogen and oxygen atoms in total. The van der Waals surface area contributed by atoms with Crippen LogP contribution in [0.2, 0.25) is 0 Å². The van der Waals surface area contributed by atoms with Crippen LogP contribution in [0.1, 0.15) is 29.5 Å². The van der Waals surface area contributed by atoms with E-state index in [-0.39, 0.29) is 37.0 Å². The van der Waals surface area contributed by atoms with Crippen molar-refractivity contribution in [2.75, 3.05) is 18.5 Å². The fourth-order valence-electron chi connectivity index (χ4n) is 4.16. The van der Waals surface area contributed by atoms with Crippen LogP contribution < -0.4 is 10.6 Å². The van der Waals surface area contributed by atoms with E-state index in [9.17, 15) is 14.4 Å². The lowest BCUT2D eigenvalue weighted by Crippen LogP contribution is -2.25. The molecule has 4 rings (SSSR count). The Hall–Kier alpha value is -4.39. The summed E-state index contributed by atoms with van der Waals surface area (Å²) in [6.45, 7) is 1.81. The van der Waals surface area contributed by atoms with E-state index >= 15 is 0 Å². The molecule has 3 aromatic carbocycles. The highest BCUT2D eigenvalue weighted by Gasteiger charge is 2.29. The van der Waals surface area contributed by atoms with Crippen LogP contribution in [0.3, 0.4) is 0 Å². The lowest BCUT2D eigenvalue weighted by Gasteiger charge is -2.15. The number of aliphatic carboxylic acids is 1. The van der Waals surface area contributed by atoms with Crippen molar-refractivity contribution in [2.45, 2.75) is 19.3 Å². The lowest BCUT2D eigenvalue weighted by atomic mass is 9.98. The number of carbonyl (C=O) groups excluding carboxylic acids is 2. The number of carbonyl (C=O) groups is 3. The minimum Gasteiger partial charge on any atom is -0.478 e. The molecule has 0 heterocycles. The van der Waals surface area contributed by atoms with Gasteiger partial charge in [0.25, 0.3) is 0 Å². The van der Waals surface area contributed by atoms with Gasteiger partial charge in [-0.3, -0.25) is 10.1 Å². The van der Waals surface area contributed by atoms with Gasteiger partial charge in [0.15, 0.2) is 0 Å². The first-order chi connectivity index (χ1) is 16.9. The molecule has 0 aliphatic heterocycles. The van der Waals surface area contributed by atoms with Gasteiger partial charge in [-0.05, 0) is 46.9 Å². The van der Waals surface area contributed by atoms with Gasteiger partial charge in [-0.25, -0.2) is 9.59 Å². The van der Waals surface area contributed by atoms with Gasteiger partial charge in [-0.1, -0.05) is 66.7 Å². The van der Waals surface area contributed by atoms with Gasteiger partial charge in [0.1, 0.15) is 6.61 Å². The maximum Gasteiger partial charge on any atom is 0.411 e. The Morgan fingerprint density at radius 2 is 1.60 bits per heavy atom. The van der Waals surface area contributed by atoms with Crippen molar-refractivity contribution >= 4 is 23.7 Å². The number of rotatable bonds is 8. The zero-order valence-electron chi connectivity index (χ0n) is 19.3. The van der Waals surface area contributed by atoms with E-state index in [4.69, 9.17) is 9.84 Å². The molecule has 0 saturated heterocycles. The van der Waals surface area contributed by atoms with Gasteiger partial charge in [-0.15, -0.1) is 0 Å². The molecule has 0 saturated carbocycles. The summed E-state index contributed by atoms with van der Waals surface area (Å²) in [5.74, 6) is -1.30. The zero-order chi connectivity index (χ0) is 24.8. The maximum absolute atomic E-state index is 12.5. The molecule has 0 fully saturated rings. The third-order valence-electron chi connectivity index (χ3n) is 5.93. The van der Waals surface area contributed by atoms with Crippen molar-refractivity contribution in [3.63, 3.8) is 0 Å². The number of carboxylic acids is 1. The van der Waals surface area contributed by atoms with Gasteiger partial charge >= 0.3 is 12.1 Å². The summed E-state index contributed by atoms with van der Waals surface area (Å²) in [4.78, 5) is 35.5. The number of anilines is 1. The zero-order valence-corrected chi connectivity index (χ0v) is 19.3. The molecule has 1 aliphatic rings. The Balaban J connectivity index is 1.32. The monoisotopic (exact) mass is 470 g/mol. The Morgan fingerprint density at radius 3 is 2.26 bits per heavy atom. The minimum absolute atomic E-state index is 0.0259. The number of hydrogen-bond donors (Lipinski definition) is 3. The Morgan fingerprint density at radius 1 is 0.943 bits per heavy atom. The van der Waals surface area contributed by atoms with Gasteiger partial charge in [-0.2, -0.15) is 0 Å². The third kappa shape index (κ3) is 5.76. The van der Waals surface area contributed by atoms with Gasteiger partial charge in [0, 0.05) is 23.7 Å². The van der Waals surface area contributed by atoms with Gasteiger partial charge < -0.3 is 15.2 Å². The summed E-state index contributed by atoms with van der Waals surface area (Å²) in [5.41, 5.74) is 6.01. The van der Waals surface area contributed by atoms with Crippen LogP contribution in [0.5, 0.6) is 0 Å². The number of benzene rings is 3. The molecule has 7 heteroatoms. The molecule has 0 atom stereocenters. The number of nitrogens with one attached hydrogen (secondary N) is 2. The van der Waals surface area contributed by atoms with Crippen LogP contribution in [-0.2, 0) is 20.7 Å². The summed E-state index contributed by atoms with van der Waals surface area (Å²) in [6.07, 6.45) is 0.970. The maximum atomic E-state index is 12.5. The quantitative estimate of drug-likeness (QED) is 0.413.